The lowest BCUT2D eigenvalue weighted by Crippen LogP contribution is -2.79. The predicted octanol–water partition coefficient (Wildman–Crippen LogP) is 10.3. The fourth-order valence-corrected chi connectivity index (χ4v) is 8.33. The van der Waals surface area contributed by atoms with E-state index in [1.165, 1.54) is 44.9 Å². The molecule has 0 saturated heterocycles. The summed E-state index contributed by atoms with van der Waals surface area (Å²) in [6, 6.07) is 29.4. The summed E-state index contributed by atoms with van der Waals surface area (Å²) < 4.78 is 14.4. The number of anilines is 2. The molecule has 262 valence electrons. The van der Waals surface area contributed by atoms with Crippen molar-refractivity contribution in [3.8, 4) is 11.5 Å². The topological polar surface area (TPSA) is 64.3 Å². The molecule has 50 heavy (non-hydrogen) atoms. The normalized spacial score (nSPS) is 17.0. The van der Waals surface area contributed by atoms with E-state index < -0.39 is 0 Å². The van der Waals surface area contributed by atoms with Gasteiger partial charge in [0.1, 0.15) is 36.9 Å². The molecule has 0 atom stereocenters. The van der Waals surface area contributed by atoms with E-state index in [9.17, 15) is 0 Å². The minimum absolute atomic E-state index is 0.0397. The average Bonchev–Trinajstić information content (AvgIpc) is 3.52. The summed E-state index contributed by atoms with van der Waals surface area (Å²) in [5.41, 5.74) is 19.3. The minimum Gasteiger partial charge on any atom is -0.492 e. The Hall–Kier alpha value is -3.52. The first kappa shape index (κ1) is 36.3. The van der Waals surface area contributed by atoms with Gasteiger partial charge < -0.3 is 25.4 Å². The van der Waals surface area contributed by atoms with Crippen LogP contribution in [-0.2, 0) is 10.8 Å². The molecule has 1 heterocycles. The number of halogens is 2. The number of nitrogens with two attached hydrogens (primary N) is 2. The number of hydrogen-bond acceptors (Lipinski definition) is 4. The molecule has 1 aliphatic carbocycles. The molecule has 1 aliphatic heterocycles. The summed E-state index contributed by atoms with van der Waals surface area (Å²) in [5.74, 6) is 1.78. The number of rotatable bonds is 12. The Labute approximate surface area is 315 Å². The smallest absolute Gasteiger partial charge is 0.137 e. The number of quaternary nitrogens is 1. The van der Waals surface area contributed by atoms with E-state index in [1.807, 2.05) is 54.6 Å². The van der Waals surface area contributed by atoms with Crippen LogP contribution in [0.1, 0.15) is 70.6 Å². The van der Waals surface area contributed by atoms with Crippen molar-refractivity contribution in [3.05, 3.63) is 133 Å². The van der Waals surface area contributed by atoms with Crippen molar-refractivity contribution in [3.63, 3.8) is 0 Å². The Balaban J connectivity index is 1.24. The number of benzene rings is 4. The fraction of sp³-hybridized carbons (Fsp3) is 0.349. The molecule has 4 N–H and O–H groups in total. The molecule has 7 heteroatoms. The summed E-state index contributed by atoms with van der Waals surface area (Å²) >= 11 is 7.03. The highest BCUT2D eigenvalue weighted by Crippen LogP contribution is 2.53. The first-order chi connectivity index (χ1) is 23.8. The van der Waals surface area contributed by atoms with Crippen LogP contribution in [-0.4, -0.2) is 26.3 Å². The van der Waals surface area contributed by atoms with Crippen LogP contribution in [0.15, 0.2) is 116 Å². The third-order valence-corrected chi connectivity index (χ3v) is 11.4. The van der Waals surface area contributed by atoms with Crippen molar-refractivity contribution in [1.82, 2.24) is 0 Å². The van der Waals surface area contributed by atoms with Crippen LogP contribution in [0.2, 0.25) is 0 Å². The van der Waals surface area contributed by atoms with Crippen LogP contribution in [0.4, 0.5) is 17.1 Å². The van der Waals surface area contributed by atoms with Gasteiger partial charge in [0.25, 0.3) is 0 Å². The molecule has 0 unspecified atom stereocenters. The number of allylic oxidation sites excluding steroid dienone is 4. The lowest BCUT2D eigenvalue weighted by molar-refractivity contribution is -0.573. The molecule has 4 aromatic rings. The van der Waals surface area contributed by atoms with Crippen LogP contribution < -0.4 is 25.4 Å². The lowest BCUT2D eigenvalue weighted by Gasteiger charge is -2.30. The first-order valence-corrected chi connectivity index (χ1v) is 19.2. The highest BCUT2D eigenvalue weighted by molar-refractivity contribution is 9.10. The van der Waals surface area contributed by atoms with Crippen molar-refractivity contribution in [2.24, 2.45) is 0 Å². The van der Waals surface area contributed by atoms with E-state index in [0.717, 1.165) is 58.5 Å². The summed E-state index contributed by atoms with van der Waals surface area (Å²) in [4.78, 5) is 2.50. The van der Waals surface area contributed by atoms with Crippen LogP contribution in [0.3, 0.4) is 0 Å². The SMILES string of the molecule is CC1=C(CC(C)(C)c2cc(C)ccc2[NH2+]CCOc2ccc(Br)cc2)CC/C1=C1\N(CCOc2ccc(Br)cc2)c2ccc(N)cc2C1(C)C. The Kier molecular flexibility index (Phi) is 10.9. The molecule has 6 rings (SSSR count). The predicted molar refractivity (Wildman–Crippen MR) is 215 cm³/mol. The third-order valence-electron chi connectivity index (χ3n) is 10.3. The van der Waals surface area contributed by atoms with Crippen molar-refractivity contribution in [2.75, 3.05) is 36.9 Å². The Bertz CT molecular complexity index is 1910. The monoisotopic (exact) mass is 798 g/mol. The zero-order valence-electron chi connectivity index (χ0n) is 30.2. The summed E-state index contributed by atoms with van der Waals surface area (Å²) in [7, 11) is 0. The molecule has 4 aromatic carbocycles. The molecule has 0 bridgehead atoms. The maximum absolute atomic E-state index is 6.37. The van der Waals surface area contributed by atoms with Crippen molar-refractivity contribution >= 4 is 48.9 Å². The molecular formula is C43H50Br2N3O2+. The van der Waals surface area contributed by atoms with E-state index in [-0.39, 0.29) is 10.8 Å². The van der Waals surface area contributed by atoms with Crippen LogP contribution >= 0.6 is 31.9 Å². The Morgan fingerprint density at radius 2 is 1.46 bits per heavy atom. The van der Waals surface area contributed by atoms with Crippen molar-refractivity contribution in [2.45, 2.75) is 71.6 Å². The molecule has 2 aliphatic rings. The van der Waals surface area contributed by atoms with Crippen LogP contribution in [0, 0.1) is 6.92 Å². The van der Waals surface area contributed by atoms with Gasteiger partial charge in [0, 0.05) is 37.0 Å². The zero-order valence-corrected chi connectivity index (χ0v) is 33.4. The second kappa shape index (κ2) is 15.0. The number of nitrogen functional groups attached to an aromatic ring is 1. The summed E-state index contributed by atoms with van der Waals surface area (Å²) in [5, 5.41) is 2.34. The third kappa shape index (κ3) is 7.85. The average molecular weight is 801 g/mol. The van der Waals surface area contributed by atoms with Gasteiger partial charge in [0.05, 0.1) is 6.54 Å². The van der Waals surface area contributed by atoms with Crippen LogP contribution in [0.5, 0.6) is 11.5 Å². The highest BCUT2D eigenvalue weighted by atomic mass is 79.9. The van der Waals surface area contributed by atoms with E-state index in [4.69, 9.17) is 15.2 Å². The van der Waals surface area contributed by atoms with Crippen molar-refractivity contribution in [1.29, 1.82) is 0 Å². The minimum atomic E-state index is -0.180. The lowest BCUT2D eigenvalue weighted by atomic mass is 9.76. The van der Waals surface area contributed by atoms with Gasteiger partial charge in [-0.1, -0.05) is 76.8 Å². The number of fused-ring (bicyclic) bond motifs is 1. The second-order valence-corrected chi connectivity index (χ2v) is 16.7. The molecule has 0 saturated carbocycles. The van der Waals surface area contributed by atoms with Crippen molar-refractivity contribution < 1.29 is 14.8 Å². The number of hydrogen-bond donors (Lipinski definition) is 2. The molecule has 5 nitrogen and oxygen atoms in total. The standard InChI is InChI=1S/C43H49Br2N3O2/c1-28-7-19-39(47-21-23-49-34-14-9-31(44)10-15-34)37(25-28)42(3,4)27-30-8-18-36(29(30)2)41-43(5,6)38-26-33(46)13-20-40(38)48(41)22-24-50-35-16-11-32(45)12-17-35/h7,9-17,19-20,25-26,47H,8,18,21-24,27,46H2,1-6H3/p+1/b41-36+. The van der Waals surface area contributed by atoms with E-state index in [0.29, 0.717) is 13.2 Å². The molecule has 0 radical (unpaired) electrons. The number of nitrogens with zero attached hydrogens (tertiary/aromatic N) is 1. The number of ether oxygens (including phenoxy) is 2. The van der Waals surface area contributed by atoms with Gasteiger partial charge in [-0.25, -0.2) is 0 Å². The number of aryl methyl sites for hydroxylation is 1. The van der Waals surface area contributed by atoms with Gasteiger partial charge in [0.15, 0.2) is 0 Å². The van der Waals surface area contributed by atoms with Gasteiger partial charge in [-0.3, -0.25) is 0 Å². The first-order valence-electron chi connectivity index (χ1n) is 17.6. The van der Waals surface area contributed by atoms with Gasteiger partial charge in [0.2, 0.25) is 0 Å². The summed E-state index contributed by atoms with van der Waals surface area (Å²) in [6.45, 7) is 16.9. The quantitative estimate of drug-likeness (QED) is 0.111. The van der Waals surface area contributed by atoms with Crippen LogP contribution in [0.25, 0.3) is 0 Å². The van der Waals surface area contributed by atoms with E-state index in [2.05, 4.69) is 114 Å². The fourth-order valence-electron chi connectivity index (χ4n) is 7.80. The maximum Gasteiger partial charge on any atom is 0.137 e. The van der Waals surface area contributed by atoms with E-state index >= 15 is 0 Å². The Morgan fingerprint density at radius 1 is 0.820 bits per heavy atom. The maximum atomic E-state index is 6.37. The molecule has 0 amide bonds. The van der Waals surface area contributed by atoms with E-state index in [1.54, 1.807) is 5.57 Å². The van der Waals surface area contributed by atoms with Gasteiger partial charge in [-0.2, -0.15) is 0 Å². The zero-order chi connectivity index (χ0) is 35.6. The Morgan fingerprint density at radius 3 is 2.12 bits per heavy atom. The largest absolute Gasteiger partial charge is 0.492 e. The molecule has 0 fully saturated rings. The highest BCUT2D eigenvalue weighted by Gasteiger charge is 2.43. The second-order valence-electron chi connectivity index (χ2n) is 14.9. The van der Waals surface area contributed by atoms with Gasteiger partial charge in [-0.15, -0.1) is 0 Å². The molecular weight excluding hydrogens is 750 g/mol. The molecule has 0 aromatic heterocycles. The summed E-state index contributed by atoms with van der Waals surface area (Å²) in [6.07, 6.45) is 3.14. The molecule has 0 spiro atoms. The van der Waals surface area contributed by atoms with Gasteiger partial charge >= 0.3 is 0 Å². The van der Waals surface area contributed by atoms with Gasteiger partial charge in [-0.05, 0) is 134 Å².